The first kappa shape index (κ1) is 20.4. The Morgan fingerprint density at radius 1 is 1.03 bits per heavy atom. The molecule has 5 heterocycles. The molecule has 0 unspecified atom stereocenters. The fourth-order valence-electron chi connectivity index (χ4n) is 5.10. The van der Waals surface area contributed by atoms with E-state index in [1.807, 2.05) is 36.5 Å². The molecule has 3 saturated heterocycles. The number of nitrogens with zero attached hydrogens (tertiary/aromatic N) is 3. The predicted molar refractivity (Wildman–Crippen MR) is 130 cm³/mol. The Bertz CT molecular complexity index is 1360. The van der Waals surface area contributed by atoms with Crippen LogP contribution in [0.5, 0.6) is 0 Å². The van der Waals surface area contributed by atoms with Gasteiger partial charge in [0.2, 0.25) is 0 Å². The van der Waals surface area contributed by atoms with E-state index < -0.39 is 0 Å². The third-order valence-electron chi connectivity index (χ3n) is 7.00. The van der Waals surface area contributed by atoms with Gasteiger partial charge in [-0.15, -0.1) is 0 Å². The van der Waals surface area contributed by atoms with E-state index in [0.29, 0.717) is 17.0 Å². The molecule has 7 nitrogen and oxygen atoms in total. The lowest BCUT2D eigenvalue weighted by atomic mass is 9.84. The van der Waals surface area contributed by atoms with Crippen LogP contribution in [0.3, 0.4) is 0 Å². The van der Waals surface area contributed by atoms with Gasteiger partial charge >= 0.3 is 0 Å². The molecule has 0 aliphatic carbocycles. The molecule has 3 aliphatic rings. The highest BCUT2D eigenvalue weighted by atomic mass is 32.1. The number of fused-ring (bicyclic) bond motifs is 6. The summed E-state index contributed by atoms with van der Waals surface area (Å²) in [6.45, 7) is 3.30. The molecule has 8 heteroatoms. The summed E-state index contributed by atoms with van der Waals surface area (Å²) in [6.07, 6.45) is 4.38. The van der Waals surface area contributed by atoms with Gasteiger partial charge in [-0.2, -0.15) is 0 Å². The summed E-state index contributed by atoms with van der Waals surface area (Å²) in [7, 11) is 1.62. The standard InChI is InChI=1S/C25H25N5O2S/c1-26-23(31)17-4-2-15(3-5-17)20-14-30-21-7-6-18(12-22(21)33-25(30)28-20)24(32)27-19-13-29-10-8-16(19)9-11-29/h2-7,12,14,16,19H,8-11,13H2,1H3,(H,26,31)(H,27,32)/t19-/m0/s1. The van der Waals surface area contributed by atoms with Gasteiger partial charge in [-0.25, -0.2) is 4.98 Å². The summed E-state index contributed by atoms with van der Waals surface area (Å²) >= 11 is 1.58. The maximum absolute atomic E-state index is 12.9. The topological polar surface area (TPSA) is 78.7 Å². The molecular formula is C25H25N5O2S. The maximum Gasteiger partial charge on any atom is 0.251 e. The third-order valence-corrected chi connectivity index (χ3v) is 8.02. The predicted octanol–water partition coefficient (Wildman–Crippen LogP) is 3.40. The Morgan fingerprint density at radius 3 is 2.48 bits per heavy atom. The average Bonchev–Trinajstić information content (AvgIpc) is 3.42. The monoisotopic (exact) mass is 459 g/mol. The van der Waals surface area contributed by atoms with Crippen LogP contribution in [0.15, 0.2) is 48.7 Å². The van der Waals surface area contributed by atoms with Gasteiger partial charge in [-0.3, -0.25) is 14.0 Å². The minimum absolute atomic E-state index is 0.0126. The number of thiazole rings is 1. The fourth-order valence-corrected chi connectivity index (χ4v) is 6.15. The number of carbonyl (C=O) groups is 2. The van der Waals surface area contributed by atoms with Crippen LogP contribution in [0.4, 0.5) is 0 Å². The normalized spacial score (nSPS) is 22.0. The molecule has 3 aliphatic heterocycles. The molecule has 2 aromatic heterocycles. The Kier molecular flexibility index (Phi) is 4.92. The minimum atomic E-state index is -0.105. The molecule has 2 bridgehead atoms. The Labute approximate surface area is 195 Å². The van der Waals surface area contributed by atoms with Crippen LogP contribution in [0.1, 0.15) is 33.6 Å². The molecule has 3 fully saturated rings. The number of amides is 2. The molecule has 1 atom stereocenters. The van der Waals surface area contributed by atoms with Crippen molar-refractivity contribution in [3.05, 3.63) is 59.8 Å². The van der Waals surface area contributed by atoms with Crippen LogP contribution >= 0.6 is 11.3 Å². The first-order valence-corrected chi connectivity index (χ1v) is 12.2. The minimum Gasteiger partial charge on any atom is -0.355 e. The zero-order chi connectivity index (χ0) is 22.5. The number of piperidine rings is 3. The zero-order valence-corrected chi connectivity index (χ0v) is 19.2. The number of rotatable bonds is 4. The first-order valence-electron chi connectivity index (χ1n) is 11.4. The fraction of sp³-hybridized carbons (Fsp3) is 0.320. The Morgan fingerprint density at radius 2 is 1.79 bits per heavy atom. The third kappa shape index (κ3) is 3.59. The number of nitrogens with one attached hydrogen (secondary N) is 2. The van der Waals surface area contributed by atoms with Crippen molar-refractivity contribution in [1.82, 2.24) is 24.9 Å². The summed E-state index contributed by atoms with van der Waals surface area (Å²) in [5.41, 5.74) is 4.18. The van der Waals surface area contributed by atoms with Gasteiger partial charge in [0.15, 0.2) is 4.96 Å². The smallest absolute Gasteiger partial charge is 0.251 e. The molecule has 2 amide bonds. The van der Waals surface area contributed by atoms with Crippen molar-refractivity contribution >= 4 is 38.3 Å². The molecule has 4 aromatic rings. The Balaban J connectivity index is 1.24. The van der Waals surface area contributed by atoms with Crippen LogP contribution in [-0.4, -0.2) is 58.8 Å². The van der Waals surface area contributed by atoms with E-state index in [1.165, 1.54) is 12.8 Å². The average molecular weight is 460 g/mol. The van der Waals surface area contributed by atoms with E-state index in [4.69, 9.17) is 4.98 Å². The zero-order valence-electron chi connectivity index (χ0n) is 18.4. The van der Waals surface area contributed by atoms with Crippen molar-refractivity contribution in [2.75, 3.05) is 26.7 Å². The lowest BCUT2D eigenvalue weighted by Crippen LogP contribution is -2.57. The van der Waals surface area contributed by atoms with E-state index in [1.54, 1.807) is 30.5 Å². The van der Waals surface area contributed by atoms with E-state index in [9.17, 15) is 9.59 Å². The van der Waals surface area contributed by atoms with Gasteiger partial charge in [-0.1, -0.05) is 23.5 Å². The van der Waals surface area contributed by atoms with Crippen molar-refractivity contribution in [2.45, 2.75) is 18.9 Å². The molecule has 0 saturated carbocycles. The van der Waals surface area contributed by atoms with Crippen LogP contribution in [-0.2, 0) is 0 Å². The lowest BCUT2D eigenvalue weighted by Gasteiger charge is -2.44. The molecule has 0 radical (unpaired) electrons. The number of carbonyl (C=O) groups excluding carboxylic acids is 2. The second kappa shape index (κ2) is 7.97. The Hall–Kier alpha value is -3.23. The summed E-state index contributed by atoms with van der Waals surface area (Å²) in [5, 5.41) is 5.91. The summed E-state index contributed by atoms with van der Waals surface area (Å²) in [5.74, 6) is 0.516. The highest BCUT2D eigenvalue weighted by Gasteiger charge is 2.35. The summed E-state index contributed by atoms with van der Waals surface area (Å²) < 4.78 is 3.11. The van der Waals surface area contributed by atoms with Crippen molar-refractivity contribution in [2.24, 2.45) is 5.92 Å². The molecule has 168 valence electrons. The van der Waals surface area contributed by atoms with Crippen molar-refractivity contribution in [3.63, 3.8) is 0 Å². The van der Waals surface area contributed by atoms with Crippen LogP contribution in [0.25, 0.3) is 26.4 Å². The molecular weight excluding hydrogens is 434 g/mol. The van der Waals surface area contributed by atoms with Gasteiger partial charge in [-0.05, 0) is 62.2 Å². The first-order chi connectivity index (χ1) is 16.1. The molecule has 0 spiro atoms. The highest BCUT2D eigenvalue weighted by Crippen LogP contribution is 2.31. The number of hydrogen-bond donors (Lipinski definition) is 2. The van der Waals surface area contributed by atoms with Crippen molar-refractivity contribution < 1.29 is 9.59 Å². The van der Waals surface area contributed by atoms with E-state index >= 15 is 0 Å². The van der Waals surface area contributed by atoms with Crippen molar-refractivity contribution in [1.29, 1.82) is 0 Å². The van der Waals surface area contributed by atoms with Gasteiger partial charge in [0.05, 0.1) is 15.9 Å². The molecule has 7 rings (SSSR count). The van der Waals surface area contributed by atoms with E-state index in [-0.39, 0.29) is 17.9 Å². The second-order valence-corrected chi connectivity index (χ2v) is 9.95. The van der Waals surface area contributed by atoms with Gasteiger partial charge < -0.3 is 15.5 Å². The SMILES string of the molecule is CNC(=O)c1ccc(-c2cn3c(n2)sc2cc(C(=O)N[C@H]4CN5CCC4CC5)ccc23)cc1. The number of hydrogen-bond acceptors (Lipinski definition) is 5. The maximum atomic E-state index is 12.9. The second-order valence-electron chi connectivity index (χ2n) is 8.94. The molecule has 2 N–H and O–H groups in total. The van der Waals surface area contributed by atoms with Crippen LogP contribution < -0.4 is 10.6 Å². The van der Waals surface area contributed by atoms with Gasteiger partial charge in [0.1, 0.15) is 0 Å². The number of benzene rings is 2. The summed E-state index contributed by atoms with van der Waals surface area (Å²) in [4.78, 5) is 32.8. The van der Waals surface area contributed by atoms with Crippen LogP contribution in [0.2, 0.25) is 0 Å². The molecule has 2 aromatic carbocycles. The quantitative estimate of drug-likeness (QED) is 0.490. The highest BCUT2D eigenvalue weighted by molar-refractivity contribution is 7.23. The van der Waals surface area contributed by atoms with Crippen molar-refractivity contribution in [3.8, 4) is 11.3 Å². The van der Waals surface area contributed by atoms with E-state index in [2.05, 4.69) is 19.9 Å². The summed E-state index contributed by atoms with van der Waals surface area (Å²) in [6, 6.07) is 13.6. The number of aromatic nitrogens is 2. The number of imidazole rings is 1. The lowest BCUT2D eigenvalue weighted by molar-refractivity contribution is 0.0620. The van der Waals surface area contributed by atoms with E-state index in [0.717, 1.165) is 46.1 Å². The molecule has 33 heavy (non-hydrogen) atoms. The van der Waals surface area contributed by atoms with Crippen LogP contribution in [0, 0.1) is 5.92 Å². The largest absolute Gasteiger partial charge is 0.355 e. The van der Waals surface area contributed by atoms with Gasteiger partial charge in [0, 0.05) is 42.5 Å². The van der Waals surface area contributed by atoms with Gasteiger partial charge in [0.25, 0.3) is 11.8 Å².